The second-order valence-corrected chi connectivity index (χ2v) is 5.82. The molecule has 4 N–H and O–H groups in total. The summed E-state index contributed by atoms with van der Waals surface area (Å²) in [7, 11) is 0. The first kappa shape index (κ1) is 13.3. The van der Waals surface area contributed by atoms with Crippen LogP contribution < -0.4 is 11.1 Å². The molecule has 1 atom stereocenters. The summed E-state index contributed by atoms with van der Waals surface area (Å²) in [4.78, 5) is 12.0. The molecule has 0 aliphatic heterocycles. The normalized spacial score (nSPS) is 16.6. The Balaban J connectivity index is 1.96. The van der Waals surface area contributed by atoms with Crippen LogP contribution in [0.15, 0.2) is 0 Å². The van der Waals surface area contributed by atoms with Crippen LogP contribution in [0.3, 0.4) is 0 Å². The number of nitrogens with one attached hydrogen (secondary N) is 2. The van der Waals surface area contributed by atoms with Gasteiger partial charge in [-0.1, -0.05) is 0 Å². The van der Waals surface area contributed by atoms with Gasteiger partial charge in [0, 0.05) is 12.0 Å². The molecule has 1 fully saturated rings. The monoisotopic (exact) mass is 268 g/mol. The van der Waals surface area contributed by atoms with Crippen LogP contribution >= 0.6 is 11.8 Å². The maximum absolute atomic E-state index is 12.0. The summed E-state index contributed by atoms with van der Waals surface area (Å²) in [6.45, 7) is 2.00. The molecule has 0 aromatic carbocycles. The second-order valence-electron chi connectivity index (χ2n) is 4.83. The second kappa shape index (κ2) is 5.65. The van der Waals surface area contributed by atoms with Crippen molar-refractivity contribution in [2.24, 2.45) is 0 Å². The fraction of sp³-hybridized carbons (Fsp3) is 0.667. The third-order valence-electron chi connectivity index (χ3n) is 3.17. The number of nitrogens with zero attached hydrogens (tertiary/aromatic N) is 1. The molecule has 5 nitrogen and oxygen atoms in total. The highest BCUT2D eigenvalue weighted by atomic mass is 32.2. The van der Waals surface area contributed by atoms with Crippen molar-refractivity contribution in [2.45, 2.75) is 38.1 Å². The van der Waals surface area contributed by atoms with Crippen LogP contribution in [0.4, 0.5) is 5.69 Å². The Bertz CT molecular complexity index is 428. The molecule has 1 unspecified atom stereocenters. The van der Waals surface area contributed by atoms with Gasteiger partial charge in [-0.2, -0.15) is 16.9 Å². The van der Waals surface area contributed by atoms with Crippen molar-refractivity contribution < 1.29 is 4.79 Å². The third kappa shape index (κ3) is 2.98. The van der Waals surface area contributed by atoms with Crippen LogP contribution in [-0.4, -0.2) is 34.2 Å². The lowest BCUT2D eigenvalue weighted by Crippen LogP contribution is -2.33. The van der Waals surface area contributed by atoms with E-state index in [1.165, 1.54) is 0 Å². The third-order valence-corrected chi connectivity index (χ3v) is 3.81. The molecule has 0 radical (unpaired) electrons. The number of nitrogen functional groups attached to an aromatic ring is 1. The topological polar surface area (TPSA) is 83.8 Å². The van der Waals surface area contributed by atoms with E-state index in [-0.39, 0.29) is 11.9 Å². The predicted octanol–water partition coefficient (Wildman–Crippen LogP) is 1.74. The van der Waals surface area contributed by atoms with E-state index in [0.717, 1.165) is 30.7 Å². The van der Waals surface area contributed by atoms with Crippen LogP contribution in [-0.2, 0) is 0 Å². The molecular formula is C12H20N4OS. The first-order valence-corrected chi connectivity index (χ1v) is 7.66. The summed E-state index contributed by atoms with van der Waals surface area (Å²) in [5.74, 6) is 1.34. The Morgan fingerprint density at radius 2 is 2.39 bits per heavy atom. The van der Waals surface area contributed by atoms with E-state index in [0.29, 0.717) is 17.3 Å². The van der Waals surface area contributed by atoms with E-state index >= 15 is 0 Å². The van der Waals surface area contributed by atoms with Crippen LogP contribution in [0.2, 0.25) is 0 Å². The fourth-order valence-corrected chi connectivity index (χ4v) is 2.47. The minimum atomic E-state index is -0.177. The number of amides is 1. The summed E-state index contributed by atoms with van der Waals surface area (Å²) in [5.41, 5.74) is 7.75. The lowest BCUT2D eigenvalue weighted by atomic mass is 10.2. The highest BCUT2D eigenvalue weighted by Gasteiger charge is 2.30. The van der Waals surface area contributed by atoms with Crippen molar-refractivity contribution in [3.63, 3.8) is 0 Å². The van der Waals surface area contributed by atoms with Gasteiger partial charge in [0.15, 0.2) is 5.69 Å². The summed E-state index contributed by atoms with van der Waals surface area (Å²) in [5, 5.41) is 9.87. The SMILES string of the molecule is CSCCC(C)NC(=O)c1n[nH]c(C2CC2)c1N. The van der Waals surface area contributed by atoms with E-state index < -0.39 is 0 Å². The Kier molecular flexibility index (Phi) is 4.16. The van der Waals surface area contributed by atoms with Gasteiger partial charge in [-0.15, -0.1) is 0 Å². The Morgan fingerprint density at radius 1 is 1.67 bits per heavy atom. The minimum Gasteiger partial charge on any atom is -0.395 e. The molecular weight excluding hydrogens is 248 g/mol. The van der Waals surface area contributed by atoms with E-state index in [1.807, 2.05) is 6.92 Å². The van der Waals surface area contributed by atoms with Crippen molar-refractivity contribution in [3.8, 4) is 0 Å². The van der Waals surface area contributed by atoms with Gasteiger partial charge in [0.2, 0.25) is 0 Å². The van der Waals surface area contributed by atoms with Crippen molar-refractivity contribution >= 4 is 23.4 Å². The van der Waals surface area contributed by atoms with Crippen LogP contribution in [0.25, 0.3) is 0 Å². The number of anilines is 1. The van der Waals surface area contributed by atoms with Crippen molar-refractivity contribution in [1.82, 2.24) is 15.5 Å². The Hall–Kier alpha value is -1.17. The van der Waals surface area contributed by atoms with Gasteiger partial charge in [-0.25, -0.2) is 0 Å². The summed E-state index contributed by atoms with van der Waals surface area (Å²) in [6.07, 6.45) is 5.28. The smallest absolute Gasteiger partial charge is 0.274 e. The van der Waals surface area contributed by atoms with Gasteiger partial charge in [-0.05, 0) is 38.2 Å². The molecule has 18 heavy (non-hydrogen) atoms. The van der Waals surface area contributed by atoms with E-state index in [9.17, 15) is 4.79 Å². The fourth-order valence-electron chi connectivity index (χ4n) is 1.88. The lowest BCUT2D eigenvalue weighted by Gasteiger charge is -2.12. The van der Waals surface area contributed by atoms with Crippen molar-refractivity contribution in [1.29, 1.82) is 0 Å². The van der Waals surface area contributed by atoms with Crippen LogP contribution in [0.5, 0.6) is 0 Å². The first-order valence-electron chi connectivity index (χ1n) is 6.27. The summed E-state index contributed by atoms with van der Waals surface area (Å²) >= 11 is 1.77. The van der Waals surface area contributed by atoms with Crippen molar-refractivity contribution in [2.75, 3.05) is 17.7 Å². The molecule has 6 heteroatoms. The van der Waals surface area contributed by atoms with E-state index in [4.69, 9.17) is 5.73 Å². The molecule has 0 bridgehead atoms. The molecule has 1 aromatic rings. The highest BCUT2D eigenvalue weighted by molar-refractivity contribution is 7.98. The van der Waals surface area contributed by atoms with E-state index in [1.54, 1.807) is 11.8 Å². The molecule has 1 saturated carbocycles. The van der Waals surface area contributed by atoms with Gasteiger partial charge < -0.3 is 11.1 Å². The van der Waals surface area contributed by atoms with Crippen LogP contribution in [0.1, 0.15) is 48.3 Å². The summed E-state index contributed by atoms with van der Waals surface area (Å²) < 4.78 is 0. The number of H-pyrrole nitrogens is 1. The molecule has 1 amide bonds. The van der Waals surface area contributed by atoms with Gasteiger partial charge in [-0.3, -0.25) is 9.89 Å². The summed E-state index contributed by atoms with van der Waals surface area (Å²) in [6, 6.07) is 0.144. The number of nitrogens with two attached hydrogens (primary N) is 1. The maximum Gasteiger partial charge on any atom is 0.274 e. The zero-order valence-corrected chi connectivity index (χ0v) is 11.6. The lowest BCUT2D eigenvalue weighted by molar-refractivity contribution is 0.0935. The maximum atomic E-state index is 12.0. The number of carbonyl (C=O) groups excluding carboxylic acids is 1. The number of aromatic amines is 1. The highest BCUT2D eigenvalue weighted by Crippen LogP contribution is 2.42. The van der Waals surface area contributed by atoms with Gasteiger partial charge >= 0.3 is 0 Å². The zero-order valence-electron chi connectivity index (χ0n) is 10.8. The largest absolute Gasteiger partial charge is 0.395 e. The Labute approximate surface area is 111 Å². The first-order chi connectivity index (χ1) is 8.63. The molecule has 0 spiro atoms. The molecule has 2 rings (SSSR count). The van der Waals surface area contributed by atoms with E-state index in [2.05, 4.69) is 21.8 Å². The standard InChI is InChI=1S/C12H20N4OS/c1-7(5-6-18-2)14-12(17)11-9(13)10(15-16-11)8-3-4-8/h7-8H,3-6,13H2,1-2H3,(H,14,17)(H,15,16). The molecule has 100 valence electrons. The number of hydrogen-bond donors (Lipinski definition) is 3. The molecule has 1 aliphatic carbocycles. The quantitative estimate of drug-likeness (QED) is 0.734. The Morgan fingerprint density at radius 3 is 3.00 bits per heavy atom. The molecule has 1 aliphatic rings. The predicted molar refractivity (Wildman–Crippen MR) is 74.9 cm³/mol. The molecule has 1 aromatic heterocycles. The van der Waals surface area contributed by atoms with Gasteiger partial charge in [0.25, 0.3) is 5.91 Å². The molecule has 1 heterocycles. The number of carbonyl (C=O) groups is 1. The van der Waals surface area contributed by atoms with Crippen molar-refractivity contribution in [3.05, 3.63) is 11.4 Å². The average Bonchev–Trinajstić information content (AvgIpc) is 3.10. The zero-order chi connectivity index (χ0) is 13.1. The minimum absolute atomic E-state index is 0.144. The number of rotatable bonds is 6. The van der Waals surface area contributed by atoms with Gasteiger partial charge in [0.1, 0.15) is 0 Å². The van der Waals surface area contributed by atoms with Crippen LogP contribution in [0, 0.1) is 0 Å². The molecule has 0 saturated heterocycles. The number of aromatic nitrogens is 2. The van der Waals surface area contributed by atoms with Gasteiger partial charge in [0.05, 0.1) is 11.4 Å². The average molecular weight is 268 g/mol. The number of thioether (sulfide) groups is 1. The number of hydrogen-bond acceptors (Lipinski definition) is 4.